The van der Waals surface area contributed by atoms with Crippen molar-refractivity contribution in [1.82, 2.24) is 0 Å². The van der Waals surface area contributed by atoms with Crippen molar-refractivity contribution < 1.29 is 28.6 Å². The molecule has 0 fully saturated rings. The fourth-order valence-electron chi connectivity index (χ4n) is 8.17. The van der Waals surface area contributed by atoms with Crippen LogP contribution in [0, 0.1) is 0 Å². The number of unbranched alkanes of at least 4 members (excludes halogenated alkanes) is 25. The average Bonchev–Trinajstić information content (AvgIpc) is 3.39. The van der Waals surface area contributed by atoms with Gasteiger partial charge in [0.1, 0.15) is 13.2 Å². The zero-order chi connectivity index (χ0) is 52.9. The maximum Gasteiger partial charge on any atom is 0.306 e. The molecule has 0 rings (SSSR count). The van der Waals surface area contributed by atoms with Gasteiger partial charge in [0.15, 0.2) is 6.10 Å². The van der Waals surface area contributed by atoms with E-state index in [4.69, 9.17) is 14.2 Å². The third-order valence-corrected chi connectivity index (χ3v) is 12.7. The SMILES string of the molecule is CC/C=C\C/C=C\C/C=C\C/C=C\C/C=C\C/C=C\CCCCCCCCCCCCCCC(=O)OCC(COC(=O)CCCCCCC/C=C\CCCC)OC(=O)CCCCCCC/C=C\C/C=C\CCC. The second-order valence-corrected chi connectivity index (χ2v) is 19.9. The average molecular weight is 1010 g/mol. The summed E-state index contributed by atoms with van der Waals surface area (Å²) in [7, 11) is 0. The van der Waals surface area contributed by atoms with Crippen LogP contribution < -0.4 is 0 Å². The van der Waals surface area contributed by atoms with Gasteiger partial charge in [0.2, 0.25) is 0 Å². The lowest BCUT2D eigenvalue weighted by Crippen LogP contribution is -2.30. The quantitative estimate of drug-likeness (QED) is 0.0261. The first kappa shape index (κ1) is 69.1. The van der Waals surface area contributed by atoms with Crippen molar-refractivity contribution in [2.45, 2.75) is 284 Å². The van der Waals surface area contributed by atoms with E-state index in [9.17, 15) is 14.4 Å². The Morgan fingerprint density at radius 2 is 0.562 bits per heavy atom. The molecule has 0 bridgehead atoms. The number of carbonyl (C=O) groups is 3. The molecule has 0 heterocycles. The first-order valence-electron chi connectivity index (χ1n) is 30.4. The van der Waals surface area contributed by atoms with Gasteiger partial charge in [0.05, 0.1) is 0 Å². The molecule has 0 N–H and O–H groups in total. The highest BCUT2D eigenvalue weighted by molar-refractivity contribution is 5.71. The summed E-state index contributed by atoms with van der Waals surface area (Å²) in [5.41, 5.74) is 0. The van der Waals surface area contributed by atoms with Gasteiger partial charge in [-0.15, -0.1) is 0 Å². The molecular formula is C67H112O6. The third-order valence-electron chi connectivity index (χ3n) is 12.7. The van der Waals surface area contributed by atoms with Gasteiger partial charge in [-0.05, 0) is 116 Å². The molecular weight excluding hydrogens is 901 g/mol. The Hall–Kier alpha value is -3.93. The first-order valence-corrected chi connectivity index (χ1v) is 30.4. The molecule has 0 aromatic heterocycles. The smallest absolute Gasteiger partial charge is 0.306 e. The van der Waals surface area contributed by atoms with Gasteiger partial charge in [0, 0.05) is 19.3 Å². The summed E-state index contributed by atoms with van der Waals surface area (Å²) in [4.78, 5) is 38.1. The predicted octanol–water partition coefficient (Wildman–Crippen LogP) is 20.7. The van der Waals surface area contributed by atoms with E-state index in [0.29, 0.717) is 19.3 Å². The second-order valence-electron chi connectivity index (χ2n) is 19.9. The number of rotatable bonds is 54. The number of ether oxygens (including phenoxy) is 3. The van der Waals surface area contributed by atoms with Crippen molar-refractivity contribution in [3.63, 3.8) is 0 Å². The van der Waals surface area contributed by atoms with Crippen molar-refractivity contribution in [2.24, 2.45) is 0 Å². The molecule has 416 valence electrons. The second kappa shape index (κ2) is 60.6. The van der Waals surface area contributed by atoms with Gasteiger partial charge in [-0.1, -0.05) is 252 Å². The molecule has 0 aromatic rings. The highest BCUT2D eigenvalue weighted by atomic mass is 16.6. The predicted molar refractivity (Wildman–Crippen MR) is 316 cm³/mol. The van der Waals surface area contributed by atoms with E-state index in [1.165, 1.54) is 103 Å². The molecule has 73 heavy (non-hydrogen) atoms. The minimum atomic E-state index is -0.789. The van der Waals surface area contributed by atoms with Gasteiger partial charge in [-0.2, -0.15) is 0 Å². The van der Waals surface area contributed by atoms with Crippen LogP contribution in [-0.2, 0) is 28.6 Å². The van der Waals surface area contributed by atoms with E-state index < -0.39 is 6.10 Å². The molecule has 6 heteroatoms. The molecule has 0 aromatic carbocycles. The van der Waals surface area contributed by atoms with Gasteiger partial charge in [-0.25, -0.2) is 0 Å². The first-order chi connectivity index (χ1) is 36.0. The molecule has 0 amide bonds. The summed E-state index contributed by atoms with van der Waals surface area (Å²) in [6, 6.07) is 0. The van der Waals surface area contributed by atoms with Gasteiger partial charge < -0.3 is 14.2 Å². The lowest BCUT2D eigenvalue weighted by molar-refractivity contribution is -0.167. The monoisotopic (exact) mass is 1010 g/mol. The largest absolute Gasteiger partial charge is 0.462 e. The third kappa shape index (κ3) is 58.8. The van der Waals surface area contributed by atoms with Crippen molar-refractivity contribution in [2.75, 3.05) is 13.2 Å². The molecule has 1 unspecified atom stereocenters. The number of esters is 3. The molecule has 0 aliphatic rings. The van der Waals surface area contributed by atoms with E-state index in [1.54, 1.807) is 0 Å². The van der Waals surface area contributed by atoms with Gasteiger partial charge in [0.25, 0.3) is 0 Å². The minimum absolute atomic E-state index is 0.0872. The Bertz CT molecular complexity index is 1490. The van der Waals surface area contributed by atoms with Gasteiger partial charge >= 0.3 is 17.9 Å². The van der Waals surface area contributed by atoms with Crippen LogP contribution in [0.4, 0.5) is 0 Å². The Labute approximate surface area is 450 Å². The molecule has 0 spiro atoms. The summed E-state index contributed by atoms with van der Waals surface area (Å²) in [5.74, 6) is -0.912. The number of carbonyl (C=O) groups excluding carboxylic acids is 3. The molecule has 1 atom stereocenters. The normalized spacial score (nSPS) is 12.9. The van der Waals surface area contributed by atoms with Crippen LogP contribution in [0.1, 0.15) is 278 Å². The van der Waals surface area contributed by atoms with Crippen LogP contribution in [0.15, 0.2) is 109 Å². The fraction of sp³-hybridized carbons (Fsp3) is 0.687. The maximum absolute atomic E-state index is 12.8. The summed E-state index contributed by atoms with van der Waals surface area (Å²) < 4.78 is 16.8. The summed E-state index contributed by atoms with van der Waals surface area (Å²) in [5, 5.41) is 0. The Balaban J connectivity index is 4.18. The minimum Gasteiger partial charge on any atom is -0.462 e. The van der Waals surface area contributed by atoms with Crippen LogP contribution in [0.2, 0.25) is 0 Å². The molecule has 0 saturated carbocycles. The lowest BCUT2D eigenvalue weighted by atomic mass is 10.0. The van der Waals surface area contributed by atoms with E-state index in [1.807, 2.05) is 0 Å². The van der Waals surface area contributed by atoms with Crippen LogP contribution in [0.5, 0.6) is 0 Å². The zero-order valence-corrected chi connectivity index (χ0v) is 47.6. The lowest BCUT2D eigenvalue weighted by Gasteiger charge is -2.18. The Kier molecular flexibility index (Phi) is 57.4. The van der Waals surface area contributed by atoms with E-state index >= 15 is 0 Å². The van der Waals surface area contributed by atoms with Crippen LogP contribution in [0.3, 0.4) is 0 Å². The number of allylic oxidation sites excluding steroid dienone is 18. The molecule has 6 nitrogen and oxygen atoms in total. The highest BCUT2D eigenvalue weighted by Gasteiger charge is 2.19. The number of hydrogen-bond acceptors (Lipinski definition) is 6. The highest BCUT2D eigenvalue weighted by Crippen LogP contribution is 2.15. The van der Waals surface area contributed by atoms with Crippen molar-refractivity contribution in [1.29, 1.82) is 0 Å². The molecule has 0 radical (unpaired) electrons. The van der Waals surface area contributed by atoms with Crippen molar-refractivity contribution in [3.05, 3.63) is 109 Å². The topological polar surface area (TPSA) is 78.9 Å². The number of hydrogen-bond donors (Lipinski definition) is 0. The maximum atomic E-state index is 12.8. The Morgan fingerprint density at radius 3 is 0.904 bits per heavy atom. The fourth-order valence-corrected chi connectivity index (χ4v) is 8.17. The molecule has 0 aliphatic carbocycles. The standard InChI is InChI=1S/C67H112O6/c1-4-7-10-13-16-19-22-24-25-26-27-28-29-30-31-32-33-34-35-36-37-38-39-40-41-43-45-48-51-54-57-60-66(69)72-63-64(62-71-65(68)59-56-53-50-47-44-21-18-15-12-9-6-3)73-67(70)61-58-55-52-49-46-42-23-20-17-14-11-8-5-2/h7,10-11,14-16,18-20,23-25,27-28,30-31,33-34,64H,4-6,8-9,12-13,17,21-22,26,29,32,35-63H2,1-3H3/b10-7-,14-11-,18-15-,19-16-,23-20-,25-24-,28-27-,31-30-,34-33-. The summed E-state index contributed by atoms with van der Waals surface area (Å²) in [6.45, 7) is 6.40. The van der Waals surface area contributed by atoms with Crippen LogP contribution in [-0.4, -0.2) is 37.2 Å². The Morgan fingerprint density at radius 1 is 0.288 bits per heavy atom. The van der Waals surface area contributed by atoms with Gasteiger partial charge in [-0.3, -0.25) is 14.4 Å². The summed E-state index contributed by atoms with van der Waals surface area (Å²) in [6.07, 6.45) is 82.4. The van der Waals surface area contributed by atoms with E-state index in [0.717, 1.165) is 135 Å². The van der Waals surface area contributed by atoms with Crippen LogP contribution in [0.25, 0.3) is 0 Å². The summed E-state index contributed by atoms with van der Waals surface area (Å²) >= 11 is 0. The van der Waals surface area contributed by atoms with Crippen LogP contribution >= 0.6 is 0 Å². The van der Waals surface area contributed by atoms with Crippen molar-refractivity contribution in [3.8, 4) is 0 Å². The molecule has 0 saturated heterocycles. The molecule has 0 aliphatic heterocycles. The van der Waals surface area contributed by atoms with Crippen molar-refractivity contribution >= 4 is 17.9 Å². The van der Waals surface area contributed by atoms with E-state index in [-0.39, 0.29) is 31.1 Å². The zero-order valence-electron chi connectivity index (χ0n) is 47.6. The van der Waals surface area contributed by atoms with E-state index in [2.05, 4.69) is 130 Å².